The first kappa shape index (κ1) is 26.4. The first-order valence-electron chi connectivity index (χ1n) is 13.1. The Hall–Kier alpha value is -0.880. The Bertz CT molecular complexity index is 665. The SMILES string of the molecule is Cc1cc(C)c(C(=O)[PH](=O)CCCCCCCCCCCCC2CCCCC2)c(C)c1. The Morgan fingerprint density at radius 1 is 0.774 bits per heavy atom. The van der Waals surface area contributed by atoms with Crippen LogP contribution >= 0.6 is 7.80 Å². The summed E-state index contributed by atoms with van der Waals surface area (Å²) in [5, 5.41) is 0. The van der Waals surface area contributed by atoms with Gasteiger partial charge in [0.25, 0.3) is 0 Å². The van der Waals surface area contributed by atoms with E-state index in [-0.39, 0.29) is 5.52 Å². The van der Waals surface area contributed by atoms with Gasteiger partial charge in [0.1, 0.15) is 7.80 Å². The summed E-state index contributed by atoms with van der Waals surface area (Å²) < 4.78 is 12.5. The highest BCUT2D eigenvalue weighted by molar-refractivity contribution is 7.64. The van der Waals surface area contributed by atoms with E-state index in [4.69, 9.17) is 0 Å². The highest BCUT2D eigenvalue weighted by atomic mass is 31.1. The molecule has 0 spiro atoms. The lowest BCUT2D eigenvalue weighted by molar-refractivity contribution is 0.107. The van der Waals surface area contributed by atoms with E-state index in [1.807, 2.05) is 32.9 Å². The van der Waals surface area contributed by atoms with E-state index in [1.165, 1.54) is 89.9 Å². The van der Waals surface area contributed by atoms with Crippen molar-refractivity contribution in [3.8, 4) is 0 Å². The molecule has 0 aromatic heterocycles. The van der Waals surface area contributed by atoms with Gasteiger partial charge in [0.05, 0.1) is 0 Å². The van der Waals surface area contributed by atoms with Crippen molar-refractivity contribution in [2.75, 3.05) is 6.16 Å². The molecule has 1 unspecified atom stereocenters. The molecule has 1 aromatic carbocycles. The second-order valence-electron chi connectivity index (χ2n) is 10.1. The van der Waals surface area contributed by atoms with Crippen molar-refractivity contribution in [1.82, 2.24) is 0 Å². The summed E-state index contributed by atoms with van der Waals surface area (Å²) in [5.41, 5.74) is 3.69. The fourth-order valence-electron chi connectivity index (χ4n) is 5.40. The van der Waals surface area contributed by atoms with Crippen LogP contribution in [0.4, 0.5) is 0 Å². The Kier molecular flexibility index (Phi) is 12.8. The maximum atomic E-state index is 12.6. The molecule has 1 aliphatic rings. The number of hydrogen-bond donors (Lipinski definition) is 0. The van der Waals surface area contributed by atoms with E-state index in [0.717, 1.165) is 35.4 Å². The fourth-order valence-corrected chi connectivity index (χ4v) is 6.87. The molecule has 176 valence electrons. The zero-order valence-electron chi connectivity index (χ0n) is 20.6. The van der Waals surface area contributed by atoms with Crippen molar-refractivity contribution in [3.05, 3.63) is 34.4 Å². The van der Waals surface area contributed by atoms with Crippen molar-refractivity contribution in [2.45, 2.75) is 124 Å². The van der Waals surface area contributed by atoms with E-state index in [9.17, 15) is 9.36 Å². The molecule has 31 heavy (non-hydrogen) atoms. The topological polar surface area (TPSA) is 34.1 Å². The first-order chi connectivity index (χ1) is 15.0. The normalized spacial score (nSPS) is 15.8. The van der Waals surface area contributed by atoms with Crippen LogP contribution in [0, 0.1) is 26.7 Å². The molecule has 0 aliphatic heterocycles. The number of rotatable bonds is 15. The van der Waals surface area contributed by atoms with E-state index in [2.05, 4.69) is 0 Å². The molecule has 0 bridgehead atoms. The monoisotopic (exact) mass is 446 g/mol. The van der Waals surface area contributed by atoms with Gasteiger partial charge in [-0.3, -0.25) is 4.79 Å². The summed E-state index contributed by atoms with van der Waals surface area (Å²) in [6.45, 7) is 5.95. The van der Waals surface area contributed by atoms with Crippen molar-refractivity contribution in [2.24, 2.45) is 5.92 Å². The largest absolute Gasteiger partial charge is 0.318 e. The van der Waals surface area contributed by atoms with Gasteiger partial charge in [0.15, 0.2) is 0 Å². The third-order valence-corrected chi connectivity index (χ3v) is 8.71. The van der Waals surface area contributed by atoms with E-state index in [1.54, 1.807) is 0 Å². The van der Waals surface area contributed by atoms with E-state index in [0.29, 0.717) is 11.7 Å². The first-order valence-corrected chi connectivity index (χ1v) is 14.8. The molecule has 1 aliphatic carbocycles. The summed E-state index contributed by atoms with van der Waals surface area (Å²) in [6, 6.07) is 4.04. The van der Waals surface area contributed by atoms with Crippen LogP contribution in [0.5, 0.6) is 0 Å². The minimum Gasteiger partial charge on any atom is -0.318 e. The van der Waals surface area contributed by atoms with Gasteiger partial charge in [-0.1, -0.05) is 114 Å². The molecule has 0 heterocycles. The maximum Gasteiger partial charge on any atom is 0.219 e. The third-order valence-electron chi connectivity index (χ3n) is 7.15. The lowest BCUT2D eigenvalue weighted by Gasteiger charge is -2.21. The van der Waals surface area contributed by atoms with Crippen molar-refractivity contribution < 1.29 is 9.36 Å². The van der Waals surface area contributed by atoms with Gasteiger partial charge < -0.3 is 4.57 Å². The Morgan fingerprint density at radius 2 is 1.26 bits per heavy atom. The van der Waals surface area contributed by atoms with E-state index >= 15 is 0 Å². The van der Waals surface area contributed by atoms with Gasteiger partial charge in [-0.05, 0) is 44.2 Å². The molecular formula is C28H47O2P. The van der Waals surface area contributed by atoms with Crippen molar-refractivity contribution >= 4 is 13.3 Å². The summed E-state index contributed by atoms with van der Waals surface area (Å²) in [6.07, 6.45) is 22.4. The molecule has 0 radical (unpaired) electrons. The van der Waals surface area contributed by atoms with Crippen LogP contribution in [0.3, 0.4) is 0 Å². The summed E-state index contributed by atoms with van der Waals surface area (Å²) in [4.78, 5) is 12.6. The van der Waals surface area contributed by atoms with Crippen LogP contribution in [-0.4, -0.2) is 11.7 Å². The van der Waals surface area contributed by atoms with Crippen LogP contribution in [0.1, 0.15) is 130 Å². The zero-order chi connectivity index (χ0) is 22.5. The fraction of sp³-hybridized carbons (Fsp3) is 0.750. The third kappa shape index (κ3) is 10.1. The van der Waals surface area contributed by atoms with Gasteiger partial charge in [0.2, 0.25) is 5.52 Å². The quantitative estimate of drug-likeness (QED) is 0.199. The predicted octanol–water partition coefficient (Wildman–Crippen LogP) is 9.18. The van der Waals surface area contributed by atoms with Crippen LogP contribution in [0.2, 0.25) is 0 Å². The lowest BCUT2D eigenvalue weighted by atomic mass is 9.85. The minimum atomic E-state index is -2.18. The van der Waals surface area contributed by atoms with Gasteiger partial charge in [-0.15, -0.1) is 0 Å². The summed E-state index contributed by atoms with van der Waals surface area (Å²) >= 11 is 0. The highest BCUT2D eigenvalue weighted by Gasteiger charge is 2.18. The summed E-state index contributed by atoms with van der Waals surface area (Å²) in [7, 11) is -2.18. The molecule has 2 rings (SSSR count). The number of carbonyl (C=O) groups is 1. The van der Waals surface area contributed by atoms with Crippen LogP contribution < -0.4 is 0 Å². The van der Waals surface area contributed by atoms with Gasteiger partial charge in [-0.25, -0.2) is 0 Å². The van der Waals surface area contributed by atoms with Gasteiger partial charge >= 0.3 is 0 Å². The predicted molar refractivity (Wildman–Crippen MR) is 136 cm³/mol. The molecule has 0 saturated heterocycles. The summed E-state index contributed by atoms with van der Waals surface area (Å²) in [5.74, 6) is 1.05. The Labute approximate surface area is 192 Å². The smallest absolute Gasteiger partial charge is 0.219 e. The molecule has 1 fully saturated rings. The van der Waals surface area contributed by atoms with Crippen molar-refractivity contribution in [3.63, 3.8) is 0 Å². The maximum absolute atomic E-state index is 12.6. The second kappa shape index (κ2) is 15.0. The molecule has 2 nitrogen and oxygen atoms in total. The molecule has 0 amide bonds. The molecule has 3 heteroatoms. The molecular weight excluding hydrogens is 399 g/mol. The molecule has 1 aromatic rings. The second-order valence-corrected chi connectivity index (χ2v) is 11.9. The number of hydrogen-bond acceptors (Lipinski definition) is 2. The van der Waals surface area contributed by atoms with Crippen LogP contribution in [0.25, 0.3) is 0 Å². The van der Waals surface area contributed by atoms with Gasteiger partial charge in [0, 0.05) is 11.7 Å². The van der Waals surface area contributed by atoms with Gasteiger partial charge in [-0.2, -0.15) is 0 Å². The Morgan fingerprint density at radius 3 is 1.81 bits per heavy atom. The zero-order valence-corrected chi connectivity index (χ0v) is 21.6. The molecule has 0 N–H and O–H groups in total. The standard InChI is InChI=1S/C28H47O2P/c1-23-21-24(2)27(25(3)22-23)28(29)31(30)20-16-11-9-7-5-4-6-8-10-13-17-26-18-14-12-15-19-26/h21-22,26,31H,4-20H2,1-3H3. The van der Waals surface area contributed by atoms with E-state index < -0.39 is 7.80 Å². The molecule has 1 atom stereocenters. The average molecular weight is 447 g/mol. The lowest BCUT2D eigenvalue weighted by Crippen LogP contribution is -2.05. The Balaban J connectivity index is 1.44. The molecule has 1 saturated carbocycles. The number of aryl methyl sites for hydroxylation is 3. The average Bonchev–Trinajstić information content (AvgIpc) is 2.74. The number of carbonyl (C=O) groups excluding carboxylic acids is 1. The highest BCUT2D eigenvalue weighted by Crippen LogP contribution is 2.32. The van der Waals surface area contributed by atoms with Crippen molar-refractivity contribution in [1.29, 1.82) is 0 Å². The van der Waals surface area contributed by atoms with Crippen LogP contribution in [0.15, 0.2) is 12.1 Å². The number of unbranched alkanes of at least 4 members (excludes halogenated alkanes) is 9. The van der Waals surface area contributed by atoms with Crippen LogP contribution in [-0.2, 0) is 4.57 Å². The minimum absolute atomic E-state index is 0.108. The number of benzene rings is 1.